The molecule has 0 amide bonds. The molecule has 0 bridgehead atoms. The fraction of sp³-hybridized carbons (Fsp3) is 0.808. The second kappa shape index (κ2) is 15.7. The lowest BCUT2D eigenvalue weighted by Crippen LogP contribution is -2.59. The number of ether oxygens (including phenoxy) is 5. The summed E-state index contributed by atoms with van der Waals surface area (Å²) in [6, 6.07) is -0.979. The molecule has 4 aliphatic heterocycles. The van der Waals surface area contributed by atoms with Crippen LogP contribution in [0.4, 0.5) is 0 Å². The van der Waals surface area contributed by atoms with Crippen molar-refractivity contribution in [3.8, 4) is 0 Å². The van der Waals surface area contributed by atoms with Gasteiger partial charge in [-0.05, 0) is 13.8 Å². The van der Waals surface area contributed by atoms with Gasteiger partial charge in [0, 0.05) is 48.0 Å². The molecule has 4 heterocycles. The van der Waals surface area contributed by atoms with Gasteiger partial charge in [-0.15, -0.1) is 0 Å². The summed E-state index contributed by atoms with van der Waals surface area (Å²) in [6.45, 7) is 8.94. The molecule has 0 aromatic rings. The van der Waals surface area contributed by atoms with Crippen LogP contribution in [0.2, 0.25) is 0 Å². The van der Waals surface area contributed by atoms with Crippen molar-refractivity contribution >= 4 is 51.8 Å². The maximum Gasteiger partial charge on any atom is 0.303 e. The molecular formula is C26H42N4O11S2. The Labute approximate surface area is 259 Å². The summed E-state index contributed by atoms with van der Waals surface area (Å²) in [6.07, 6.45) is -5.32. The molecule has 3 N–H and O–H groups in total. The fourth-order valence-corrected chi connectivity index (χ4v) is 7.10. The molecule has 0 aliphatic carbocycles. The summed E-state index contributed by atoms with van der Waals surface area (Å²) in [5, 5.41) is 30.3. The smallest absolute Gasteiger partial charge is 0.303 e. The van der Waals surface area contributed by atoms with Gasteiger partial charge in [0.1, 0.15) is 54.0 Å². The van der Waals surface area contributed by atoms with Crippen LogP contribution < -0.4 is 0 Å². The van der Waals surface area contributed by atoms with Crippen LogP contribution in [0.3, 0.4) is 0 Å². The summed E-state index contributed by atoms with van der Waals surface area (Å²) < 4.78 is 27.4. The number of aliphatic hydroxyl groups excluding tert-OH is 3. The molecule has 4 rings (SSSR count). The molecule has 0 aromatic carbocycles. The normalized spacial score (nSPS) is 34.4. The van der Waals surface area contributed by atoms with Crippen molar-refractivity contribution in [1.29, 1.82) is 0 Å². The molecule has 2 saturated heterocycles. The molecule has 0 radical (unpaired) electrons. The Kier molecular flexibility index (Phi) is 12.9. The molecule has 244 valence electrons. The number of carbonyl (C=O) groups is 3. The second-order valence-corrected chi connectivity index (χ2v) is 12.4. The predicted octanol–water partition coefficient (Wildman–Crippen LogP) is -0.591. The molecule has 4 aliphatic rings. The van der Waals surface area contributed by atoms with Gasteiger partial charge in [0.15, 0.2) is 22.5 Å². The third-order valence-corrected chi connectivity index (χ3v) is 9.58. The SMILES string of the molecule is CCN(C)C1=N[C@@H]2[C@@H](O)[C@H](O)[C@@H](CO)O[C@@H]2S1.CCN(C)C1=N[C@@H]2[C@@H](OC(C)=O)[C@H](OC(C)=O)[C@@H](COC(C)=O)O[C@@H]2S1. The number of amidine groups is 2. The van der Waals surface area contributed by atoms with E-state index >= 15 is 0 Å². The Morgan fingerprint density at radius 3 is 1.77 bits per heavy atom. The molecule has 17 heteroatoms. The van der Waals surface area contributed by atoms with Crippen LogP contribution in [0.5, 0.6) is 0 Å². The van der Waals surface area contributed by atoms with Crippen LogP contribution in [0.25, 0.3) is 0 Å². The van der Waals surface area contributed by atoms with E-state index in [0.29, 0.717) is 0 Å². The summed E-state index contributed by atoms with van der Waals surface area (Å²) in [5.74, 6) is -1.55. The van der Waals surface area contributed by atoms with E-state index in [1.165, 1.54) is 44.3 Å². The van der Waals surface area contributed by atoms with Crippen LogP contribution in [-0.2, 0) is 38.1 Å². The van der Waals surface area contributed by atoms with Crippen molar-refractivity contribution in [2.24, 2.45) is 9.98 Å². The average molecular weight is 651 g/mol. The van der Waals surface area contributed by atoms with Gasteiger partial charge in [-0.3, -0.25) is 24.4 Å². The molecule has 0 aromatic heterocycles. The number of thioether (sulfide) groups is 2. The highest BCUT2D eigenvalue weighted by Crippen LogP contribution is 2.40. The zero-order valence-corrected chi connectivity index (χ0v) is 26.9. The van der Waals surface area contributed by atoms with E-state index in [1.807, 2.05) is 37.7 Å². The standard InChI is InChI=1S/C16H24N2O7S.C10H18N2O4S/c1-6-18(5)16-17-12-14(24-10(4)21)13(23-9(3)20)11(7-22-8(2)19)25-15(12)26-16;1-3-12(2)10-11-6-8(15)7(14)5(4-13)16-9(6)17-10/h11-15H,6-7H2,1-5H3;5-9,13-15H,3-4H2,1-2H3/t11-,12-,13-,14-,15-;5-,6-,7-,8-,9-/m11/s1. The predicted molar refractivity (Wildman–Crippen MR) is 158 cm³/mol. The van der Waals surface area contributed by atoms with Crippen molar-refractivity contribution in [2.75, 3.05) is 40.4 Å². The number of hydrogen-bond acceptors (Lipinski definition) is 17. The monoisotopic (exact) mass is 650 g/mol. The van der Waals surface area contributed by atoms with Gasteiger partial charge in [-0.1, -0.05) is 23.5 Å². The van der Waals surface area contributed by atoms with E-state index in [1.54, 1.807) is 0 Å². The molecular weight excluding hydrogens is 608 g/mol. The highest BCUT2D eigenvalue weighted by Gasteiger charge is 2.53. The molecule has 0 saturated carbocycles. The van der Waals surface area contributed by atoms with E-state index in [0.717, 1.165) is 23.4 Å². The minimum absolute atomic E-state index is 0.117. The third-order valence-electron chi connectivity index (χ3n) is 7.08. The lowest BCUT2D eigenvalue weighted by Gasteiger charge is -2.41. The minimum Gasteiger partial charge on any atom is -0.463 e. The van der Waals surface area contributed by atoms with E-state index in [-0.39, 0.29) is 18.6 Å². The number of nitrogens with zero attached hydrogens (tertiary/aromatic N) is 4. The van der Waals surface area contributed by atoms with Gasteiger partial charge in [0.05, 0.1) is 6.61 Å². The van der Waals surface area contributed by atoms with E-state index in [9.17, 15) is 24.6 Å². The Morgan fingerprint density at radius 1 is 0.791 bits per heavy atom. The maximum atomic E-state index is 11.6. The van der Waals surface area contributed by atoms with Gasteiger partial charge >= 0.3 is 17.9 Å². The van der Waals surface area contributed by atoms with Gasteiger partial charge < -0.3 is 48.8 Å². The summed E-state index contributed by atoms with van der Waals surface area (Å²) in [7, 11) is 3.80. The molecule has 10 atom stereocenters. The number of aliphatic imine (C=N–C) groups is 2. The first-order chi connectivity index (χ1) is 20.3. The lowest BCUT2D eigenvalue weighted by molar-refractivity contribution is -0.208. The van der Waals surface area contributed by atoms with E-state index < -0.39 is 72.1 Å². The van der Waals surface area contributed by atoms with Crippen molar-refractivity contribution < 1.29 is 53.4 Å². The van der Waals surface area contributed by atoms with Crippen molar-refractivity contribution in [2.45, 2.75) is 94.2 Å². The van der Waals surface area contributed by atoms with Crippen molar-refractivity contribution in [3.05, 3.63) is 0 Å². The van der Waals surface area contributed by atoms with Gasteiger partial charge in [0.2, 0.25) is 0 Å². The largest absolute Gasteiger partial charge is 0.463 e. The first-order valence-corrected chi connectivity index (χ1v) is 15.7. The topological polar surface area (TPSA) is 189 Å². The second-order valence-electron chi connectivity index (χ2n) is 10.3. The zero-order chi connectivity index (χ0) is 32.0. The molecule has 15 nitrogen and oxygen atoms in total. The van der Waals surface area contributed by atoms with Gasteiger partial charge in [0.25, 0.3) is 0 Å². The van der Waals surface area contributed by atoms with Crippen LogP contribution in [-0.4, -0.2) is 153 Å². The number of aliphatic hydroxyl groups is 3. The number of rotatable bonds is 7. The minimum atomic E-state index is -1.09. The summed E-state index contributed by atoms with van der Waals surface area (Å²) >= 11 is 2.82. The summed E-state index contributed by atoms with van der Waals surface area (Å²) in [5.41, 5.74) is -0.759. The third kappa shape index (κ3) is 8.73. The first-order valence-electron chi connectivity index (χ1n) is 14.0. The number of hydrogen-bond donors (Lipinski definition) is 3. The van der Waals surface area contributed by atoms with Crippen LogP contribution in [0, 0.1) is 0 Å². The van der Waals surface area contributed by atoms with E-state index in [2.05, 4.69) is 9.98 Å². The number of carbonyl (C=O) groups excluding carboxylic acids is 3. The Morgan fingerprint density at radius 2 is 1.28 bits per heavy atom. The Balaban J connectivity index is 0.000000257. The van der Waals surface area contributed by atoms with Crippen molar-refractivity contribution in [3.63, 3.8) is 0 Å². The maximum absolute atomic E-state index is 11.6. The fourth-order valence-electron chi connectivity index (χ4n) is 4.59. The molecule has 0 spiro atoms. The molecule has 2 fully saturated rings. The van der Waals surface area contributed by atoms with Gasteiger partial charge in [-0.2, -0.15) is 0 Å². The van der Waals surface area contributed by atoms with E-state index in [4.69, 9.17) is 28.8 Å². The highest BCUT2D eigenvalue weighted by molar-refractivity contribution is 8.14. The number of esters is 3. The summed E-state index contributed by atoms with van der Waals surface area (Å²) in [4.78, 5) is 47.2. The van der Waals surface area contributed by atoms with Crippen LogP contribution in [0.15, 0.2) is 9.98 Å². The molecule has 0 unspecified atom stereocenters. The molecule has 43 heavy (non-hydrogen) atoms. The average Bonchev–Trinajstić information content (AvgIpc) is 3.59. The Hall–Kier alpha value is -2.15. The van der Waals surface area contributed by atoms with Crippen molar-refractivity contribution in [1.82, 2.24) is 9.80 Å². The number of fused-ring (bicyclic) bond motifs is 2. The first kappa shape index (κ1) is 35.3. The highest BCUT2D eigenvalue weighted by atomic mass is 32.2. The quantitative estimate of drug-likeness (QED) is 0.234. The lowest BCUT2D eigenvalue weighted by atomic mass is 9.98. The zero-order valence-electron chi connectivity index (χ0n) is 25.3. The van der Waals surface area contributed by atoms with Crippen LogP contribution in [0.1, 0.15) is 34.6 Å². The Bertz CT molecular complexity index is 1070. The van der Waals surface area contributed by atoms with Crippen LogP contribution >= 0.6 is 23.5 Å². The van der Waals surface area contributed by atoms with Gasteiger partial charge in [-0.25, -0.2) is 0 Å².